The summed E-state index contributed by atoms with van der Waals surface area (Å²) in [6.45, 7) is 3.81. The number of fused-ring (bicyclic) bond motifs is 1. The molecule has 5 nitrogen and oxygen atoms in total. The zero-order chi connectivity index (χ0) is 16.7. The first-order valence-electron chi connectivity index (χ1n) is 8.38. The van der Waals surface area contributed by atoms with E-state index in [9.17, 15) is 5.11 Å². The third-order valence-corrected chi connectivity index (χ3v) is 5.14. The molecule has 0 radical (unpaired) electrons. The number of piperidine rings is 1. The molecule has 0 atom stereocenters. The quantitative estimate of drug-likeness (QED) is 0.761. The molecule has 1 fully saturated rings. The van der Waals surface area contributed by atoms with Gasteiger partial charge in [0.2, 0.25) is 0 Å². The number of nitrogens with one attached hydrogen (secondary N) is 1. The van der Waals surface area contributed by atoms with Gasteiger partial charge in [-0.05, 0) is 45.0 Å². The van der Waals surface area contributed by atoms with Crippen LogP contribution in [-0.2, 0) is 5.60 Å². The van der Waals surface area contributed by atoms with Crippen LogP contribution in [0.1, 0.15) is 24.1 Å². The summed E-state index contributed by atoms with van der Waals surface area (Å²) in [5.41, 5.74) is 3.94. The number of likely N-dealkylation sites (tertiary alicyclic amines) is 1. The van der Waals surface area contributed by atoms with E-state index in [-0.39, 0.29) is 0 Å². The van der Waals surface area contributed by atoms with Crippen LogP contribution in [0, 0.1) is 6.92 Å². The normalized spacial score (nSPS) is 18.1. The van der Waals surface area contributed by atoms with Crippen LogP contribution in [0.2, 0.25) is 0 Å². The summed E-state index contributed by atoms with van der Waals surface area (Å²) in [6, 6.07) is 8.07. The van der Waals surface area contributed by atoms with Crippen molar-refractivity contribution >= 4 is 11.0 Å². The van der Waals surface area contributed by atoms with Gasteiger partial charge in [-0.2, -0.15) is 0 Å². The lowest BCUT2D eigenvalue weighted by Gasteiger charge is -2.37. The molecule has 4 rings (SSSR count). The molecular weight excluding hydrogens is 300 g/mol. The second-order valence-electron chi connectivity index (χ2n) is 6.76. The van der Waals surface area contributed by atoms with E-state index in [2.05, 4.69) is 21.9 Å². The van der Waals surface area contributed by atoms with Crippen molar-refractivity contribution in [1.82, 2.24) is 19.9 Å². The van der Waals surface area contributed by atoms with Crippen molar-refractivity contribution in [3.63, 3.8) is 0 Å². The molecule has 0 unspecified atom stereocenters. The molecule has 0 aliphatic carbocycles. The molecule has 5 heteroatoms. The fourth-order valence-electron chi connectivity index (χ4n) is 3.64. The fourth-order valence-corrected chi connectivity index (χ4v) is 3.64. The third kappa shape index (κ3) is 2.50. The largest absolute Gasteiger partial charge is 0.385 e. The first-order valence-corrected chi connectivity index (χ1v) is 8.38. The van der Waals surface area contributed by atoms with Gasteiger partial charge in [0, 0.05) is 47.7 Å². The first kappa shape index (κ1) is 15.3. The van der Waals surface area contributed by atoms with Crippen LogP contribution in [0.5, 0.6) is 0 Å². The van der Waals surface area contributed by atoms with Crippen LogP contribution in [-0.4, -0.2) is 45.1 Å². The summed E-state index contributed by atoms with van der Waals surface area (Å²) in [6.07, 6.45) is 5.19. The SMILES string of the molecule is Cc1nc(-c2ccnc3[nH]ccc23)ccc1C1(O)CCN(C)CC1. The Balaban J connectivity index is 1.74. The maximum absolute atomic E-state index is 11.1. The summed E-state index contributed by atoms with van der Waals surface area (Å²) in [7, 11) is 2.10. The Labute approximate surface area is 141 Å². The standard InChI is InChI=1S/C19H22N4O/c1-13-16(19(24)7-11-23(2)12-8-19)3-4-17(22-13)14-5-9-20-18-15(14)6-10-21-18/h3-6,9-10,24H,7-8,11-12H2,1-2H3,(H,20,21). The van der Waals surface area contributed by atoms with E-state index >= 15 is 0 Å². The Morgan fingerprint density at radius 1 is 1.17 bits per heavy atom. The minimum Gasteiger partial charge on any atom is -0.385 e. The Morgan fingerprint density at radius 2 is 1.96 bits per heavy atom. The monoisotopic (exact) mass is 322 g/mol. The van der Waals surface area contributed by atoms with Gasteiger partial charge in [0.15, 0.2) is 0 Å². The van der Waals surface area contributed by atoms with Crippen molar-refractivity contribution < 1.29 is 5.11 Å². The van der Waals surface area contributed by atoms with Gasteiger partial charge in [-0.3, -0.25) is 4.98 Å². The van der Waals surface area contributed by atoms with Crippen molar-refractivity contribution in [2.24, 2.45) is 0 Å². The van der Waals surface area contributed by atoms with Crippen molar-refractivity contribution in [1.29, 1.82) is 0 Å². The number of pyridine rings is 2. The van der Waals surface area contributed by atoms with Crippen LogP contribution in [0.25, 0.3) is 22.3 Å². The highest BCUT2D eigenvalue weighted by atomic mass is 16.3. The smallest absolute Gasteiger partial charge is 0.137 e. The molecule has 2 N–H and O–H groups in total. The highest BCUT2D eigenvalue weighted by molar-refractivity contribution is 5.91. The van der Waals surface area contributed by atoms with Gasteiger partial charge in [0.05, 0.1) is 11.3 Å². The lowest BCUT2D eigenvalue weighted by atomic mass is 9.83. The molecule has 0 spiro atoms. The second kappa shape index (κ2) is 5.69. The summed E-state index contributed by atoms with van der Waals surface area (Å²) in [5, 5.41) is 12.1. The Bertz CT molecular complexity index is 878. The molecule has 124 valence electrons. The average molecular weight is 322 g/mol. The Kier molecular flexibility index (Phi) is 3.62. The number of hydrogen-bond acceptors (Lipinski definition) is 4. The molecule has 4 heterocycles. The number of H-pyrrole nitrogens is 1. The third-order valence-electron chi connectivity index (χ3n) is 5.14. The van der Waals surface area contributed by atoms with Gasteiger partial charge >= 0.3 is 0 Å². The molecule has 1 saturated heterocycles. The van der Waals surface area contributed by atoms with Crippen LogP contribution >= 0.6 is 0 Å². The highest BCUT2D eigenvalue weighted by Gasteiger charge is 2.34. The molecule has 0 saturated carbocycles. The van der Waals surface area contributed by atoms with E-state index in [4.69, 9.17) is 4.98 Å². The lowest BCUT2D eigenvalue weighted by molar-refractivity contribution is -0.0210. The van der Waals surface area contributed by atoms with Crippen LogP contribution < -0.4 is 0 Å². The Morgan fingerprint density at radius 3 is 2.71 bits per heavy atom. The topological polar surface area (TPSA) is 65.0 Å². The molecule has 3 aromatic heterocycles. The van der Waals surface area contributed by atoms with E-state index < -0.39 is 5.60 Å². The van der Waals surface area contributed by atoms with Crippen LogP contribution in [0.3, 0.4) is 0 Å². The van der Waals surface area contributed by atoms with E-state index in [0.29, 0.717) is 0 Å². The van der Waals surface area contributed by atoms with Gasteiger partial charge in [0.1, 0.15) is 5.65 Å². The molecular formula is C19H22N4O. The molecule has 0 aromatic carbocycles. The maximum Gasteiger partial charge on any atom is 0.137 e. The number of aliphatic hydroxyl groups is 1. The number of aryl methyl sites for hydroxylation is 1. The first-order chi connectivity index (χ1) is 11.6. The number of nitrogens with zero attached hydrogens (tertiary/aromatic N) is 3. The number of rotatable bonds is 2. The second-order valence-corrected chi connectivity index (χ2v) is 6.76. The lowest BCUT2D eigenvalue weighted by Crippen LogP contribution is -2.41. The van der Waals surface area contributed by atoms with Crippen LogP contribution in [0.15, 0.2) is 36.7 Å². The summed E-state index contributed by atoms with van der Waals surface area (Å²) in [5.74, 6) is 0. The maximum atomic E-state index is 11.1. The average Bonchev–Trinajstić information content (AvgIpc) is 3.06. The van der Waals surface area contributed by atoms with E-state index in [1.807, 2.05) is 37.4 Å². The van der Waals surface area contributed by atoms with E-state index in [0.717, 1.165) is 59.5 Å². The predicted octanol–water partition coefficient (Wildman–Crippen LogP) is 2.85. The van der Waals surface area contributed by atoms with Crippen molar-refractivity contribution in [2.45, 2.75) is 25.4 Å². The number of aromatic amines is 1. The van der Waals surface area contributed by atoms with Crippen molar-refractivity contribution in [3.8, 4) is 11.3 Å². The Hall–Kier alpha value is -2.24. The summed E-state index contributed by atoms with van der Waals surface area (Å²) >= 11 is 0. The highest BCUT2D eigenvalue weighted by Crippen LogP contribution is 2.35. The number of aromatic nitrogens is 3. The number of hydrogen-bond donors (Lipinski definition) is 2. The summed E-state index contributed by atoms with van der Waals surface area (Å²) < 4.78 is 0. The van der Waals surface area contributed by atoms with Gasteiger partial charge in [0.25, 0.3) is 0 Å². The minimum absolute atomic E-state index is 0.753. The van der Waals surface area contributed by atoms with Gasteiger partial charge in [-0.1, -0.05) is 6.07 Å². The van der Waals surface area contributed by atoms with Crippen LogP contribution in [0.4, 0.5) is 0 Å². The van der Waals surface area contributed by atoms with Gasteiger partial charge in [-0.25, -0.2) is 4.98 Å². The fraction of sp³-hybridized carbons (Fsp3) is 0.368. The zero-order valence-corrected chi connectivity index (χ0v) is 14.1. The molecule has 0 amide bonds. The van der Waals surface area contributed by atoms with E-state index in [1.54, 1.807) is 6.20 Å². The van der Waals surface area contributed by atoms with Crippen molar-refractivity contribution in [2.75, 3.05) is 20.1 Å². The molecule has 0 bridgehead atoms. The molecule has 24 heavy (non-hydrogen) atoms. The van der Waals surface area contributed by atoms with Gasteiger partial charge < -0.3 is 15.0 Å². The summed E-state index contributed by atoms with van der Waals surface area (Å²) in [4.78, 5) is 14.5. The predicted molar refractivity (Wildman–Crippen MR) is 94.7 cm³/mol. The zero-order valence-electron chi connectivity index (χ0n) is 14.1. The molecule has 1 aliphatic heterocycles. The van der Waals surface area contributed by atoms with Crippen molar-refractivity contribution in [3.05, 3.63) is 47.9 Å². The minimum atomic E-state index is -0.760. The van der Waals surface area contributed by atoms with Gasteiger partial charge in [-0.15, -0.1) is 0 Å². The molecule has 3 aromatic rings. The van der Waals surface area contributed by atoms with E-state index in [1.165, 1.54) is 0 Å². The molecule has 1 aliphatic rings.